The van der Waals surface area contributed by atoms with Gasteiger partial charge in [-0.2, -0.15) is 5.26 Å². The summed E-state index contributed by atoms with van der Waals surface area (Å²) in [4.78, 5) is 0. The van der Waals surface area contributed by atoms with Gasteiger partial charge in [-0.25, -0.2) is 0 Å². The quantitative estimate of drug-likeness (QED) is 0.794. The van der Waals surface area contributed by atoms with Gasteiger partial charge in [0.05, 0.1) is 18.7 Å². The van der Waals surface area contributed by atoms with Crippen molar-refractivity contribution < 1.29 is 19.5 Å². The van der Waals surface area contributed by atoms with E-state index in [0.29, 0.717) is 22.6 Å². The van der Waals surface area contributed by atoms with Crippen molar-refractivity contribution in [2.75, 3.05) is 7.11 Å². The Morgan fingerprint density at radius 2 is 1.90 bits per heavy atom. The van der Waals surface area contributed by atoms with Crippen molar-refractivity contribution in [3.8, 4) is 17.6 Å². The molecular formula is C15H14BNO4. The highest BCUT2D eigenvalue weighted by molar-refractivity contribution is 6.59. The molecule has 106 valence electrons. The Hall–Kier alpha value is -2.49. The average molecular weight is 283 g/mol. The summed E-state index contributed by atoms with van der Waals surface area (Å²) in [5, 5.41) is 27.5. The summed E-state index contributed by atoms with van der Waals surface area (Å²) in [6, 6.07) is 13.7. The molecule has 2 rings (SSSR count). The highest BCUT2D eigenvalue weighted by Gasteiger charge is 2.16. The molecule has 2 N–H and O–H groups in total. The fraction of sp³-hybridized carbons (Fsp3) is 0.133. The summed E-state index contributed by atoms with van der Waals surface area (Å²) in [6.07, 6.45) is 0. The van der Waals surface area contributed by atoms with Crippen LogP contribution in [-0.2, 0) is 6.61 Å². The third kappa shape index (κ3) is 3.54. The van der Waals surface area contributed by atoms with Gasteiger partial charge in [-0.05, 0) is 24.3 Å². The van der Waals surface area contributed by atoms with E-state index in [0.717, 1.165) is 0 Å². The minimum atomic E-state index is -1.60. The minimum absolute atomic E-state index is 0.155. The molecule has 0 saturated heterocycles. The maximum Gasteiger partial charge on any atom is 0.492 e. The first-order chi connectivity index (χ1) is 10.2. The Balaban J connectivity index is 2.22. The number of rotatable bonds is 5. The highest BCUT2D eigenvalue weighted by atomic mass is 16.5. The Bertz CT molecular complexity index is 667. The van der Waals surface area contributed by atoms with E-state index in [9.17, 15) is 10.0 Å². The van der Waals surface area contributed by atoms with Crippen LogP contribution in [0.15, 0.2) is 42.5 Å². The molecule has 0 aliphatic rings. The van der Waals surface area contributed by atoms with Gasteiger partial charge in [-0.1, -0.05) is 18.2 Å². The molecule has 0 fully saturated rings. The highest BCUT2D eigenvalue weighted by Crippen LogP contribution is 2.21. The molecular weight excluding hydrogens is 269 g/mol. The zero-order chi connectivity index (χ0) is 15.2. The van der Waals surface area contributed by atoms with Crippen molar-refractivity contribution in [1.82, 2.24) is 0 Å². The molecule has 0 heterocycles. The second-order valence-corrected chi connectivity index (χ2v) is 4.34. The SMILES string of the molecule is COc1ccc(C#N)cc1COc1ccccc1B(O)O. The van der Waals surface area contributed by atoms with Gasteiger partial charge in [-0.15, -0.1) is 0 Å². The lowest BCUT2D eigenvalue weighted by Gasteiger charge is -2.13. The molecule has 0 bridgehead atoms. The van der Waals surface area contributed by atoms with Crippen molar-refractivity contribution in [3.63, 3.8) is 0 Å². The van der Waals surface area contributed by atoms with E-state index in [4.69, 9.17) is 14.7 Å². The van der Waals surface area contributed by atoms with Gasteiger partial charge in [0.15, 0.2) is 0 Å². The van der Waals surface area contributed by atoms with Crippen LogP contribution in [0.5, 0.6) is 11.5 Å². The lowest BCUT2D eigenvalue weighted by molar-refractivity contribution is 0.297. The summed E-state index contributed by atoms with van der Waals surface area (Å²) < 4.78 is 10.8. The van der Waals surface area contributed by atoms with Crippen LogP contribution in [0.2, 0.25) is 0 Å². The van der Waals surface area contributed by atoms with Crippen LogP contribution in [0.25, 0.3) is 0 Å². The molecule has 2 aromatic carbocycles. The monoisotopic (exact) mass is 283 g/mol. The molecule has 6 heteroatoms. The number of nitriles is 1. The van der Waals surface area contributed by atoms with Gasteiger partial charge in [0.2, 0.25) is 0 Å². The maximum absolute atomic E-state index is 9.29. The second-order valence-electron chi connectivity index (χ2n) is 4.34. The van der Waals surface area contributed by atoms with E-state index >= 15 is 0 Å². The molecule has 0 aliphatic carbocycles. The first kappa shape index (κ1) is 14.9. The fourth-order valence-electron chi connectivity index (χ4n) is 1.94. The summed E-state index contributed by atoms with van der Waals surface area (Å²) in [5.74, 6) is 0.980. The number of benzene rings is 2. The number of nitrogens with zero attached hydrogens (tertiary/aromatic N) is 1. The molecule has 0 spiro atoms. The van der Waals surface area contributed by atoms with Crippen LogP contribution < -0.4 is 14.9 Å². The molecule has 0 amide bonds. The zero-order valence-electron chi connectivity index (χ0n) is 11.5. The van der Waals surface area contributed by atoms with E-state index in [-0.39, 0.29) is 12.1 Å². The van der Waals surface area contributed by atoms with Crippen LogP contribution >= 0.6 is 0 Å². The minimum Gasteiger partial charge on any atom is -0.496 e. The summed E-state index contributed by atoms with van der Waals surface area (Å²) >= 11 is 0. The van der Waals surface area contributed by atoms with E-state index in [2.05, 4.69) is 6.07 Å². The van der Waals surface area contributed by atoms with Crippen molar-refractivity contribution in [1.29, 1.82) is 5.26 Å². The third-order valence-corrected chi connectivity index (χ3v) is 2.99. The van der Waals surface area contributed by atoms with Crippen LogP contribution in [-0.4, -0.2) is 24.3 Å². The maximum atomic E-state index is 9.29. The largest absolute Gasteiger partial charge is 0.496 e. The molecule has 5 nitrogen and oxygen atoms in total. The number of hydrogen-bond acceptors (Lipinski definition) is 5. The smallest absolute Gasteiger partial charge is 0.492 e. The van der Waals surface area contributed by atoms with E-state index in [1.807, 2.05) is 0 Å². The topological polar surface area (TPSA) is 82.7 Å². The van der Waals surface area contributed by atoms with Crippen molar-refractivity contribution in [2.24, 2.45) is 0 Å². The molecule has 0 saturated carbocycles. The van der Waals surface area contributed by atoms with Crippen molar-refractivity contribution in [3.05, 3.63) is 53.6 Å². The number of ether oxygens (including phenoxy) is 2. The average Bonchev–Trinajstić information content (AvgIpc) is 2.52. The predicted molar refractivity (Wildman–Crippen MR) is 78.3 cm³/mol. The van der Waals surface area contributed by atoms with Gasteiger partial charge in [-0.3, -0.25) is 0 Å². The van der Waals surface area contributed by atoms with Crippen LogP contribution in [0.4, 0.5) is 0 Å². The Morgan fingerprint density at radius 1 is 1.14 bits per heavy atom. The van der Waals surface area contributed by atoms with E-state index < -0.39 is 7.12 Å². The van der Waals surface area contributed by atoms with Gasteiger partial charge >= 0.3 is 7.12 Å². The van der Waals surface area contributed by atoms with E-state index in [1.165, 1.54) is 7.11 Å². The Morgan fingerprint density at radius 3 is 2.57 bits per heavy atom. The van der Waals surface area contributed by atoms with Gasteiger partial charge in [0.1, 0.15) is 18.1 Å². The van der Waals surface area contributed by atoms with Crippen molar-refractivity contribution in [2.45, 2.75) is 6.61 Å². The van der Waals surface area contributed by atoms with Crippen LogP contribution in [0.3, 0.4) is 0 Å². The van der Waals surface area contributed by atoms with E-state index in [1.54, 1.807) is 42.5 Å². The molecule has 21 heavy (non-hydrogen) atoms. The molecule has 0 unspecified atom stereocenters. The van der Waals surface area contributed by atoms with Gasteiger partial charge < -0.3 is 19.5 Å². The lowest BCUT2D eigenvalue weighted by atomic mass is 9.79. The fourth-order valence-corrected chi connectivity index (χ4v) is 1.94. The number of para-hydroxylation sites is 1. The standard InChI is InChI=1S/C15H14BNO4/c1-20-14-7-6-11(9-17)8-12(14)10-21-15-5-3-2-4-13(15)16(18)19/h2-8,18-19H,10H2,1H3. The van der Waals surface area contributed by atoms with Crippen molar-refractivity contribution >= 4 is 12.6 Å². The molecule has 0 aliphatic heterocycles. The second kappa shape index (κ2) is 6.79. The van der Waals surface area contributed by atoms with Crippen LogP contribution in [0, 0.1) is 11.3 Å². The Labute approximate surface area is 123 Å². The number of hydrogen-bond donors (Lipinski definition) is 2. The van der Waals surface area contributed by atoms with Gasteiger partial charge in [0, 0.05) is 11.0 Å². The predicted octanol–water partition coefficient (Wildman–Crippen LogP) is 0.826. The first-order valence-electron chi connectivity index (χ1n) is 6.30. The number of methoxy groups -OCH3 is 1. The summed E-state index contributed by atoms with van der Waals surface area (Å²) in [6.45, 7) is 0.155. The molecule has 0 radical (unpaired) electrons. The third-order valence-electron chi connectivity index (χ3n) is 2.99. The molecule has 2 aromatic rings. The Kier molecular flexibility index (Phi) is 4.83. The summed E-state index contributed by atoms with van der Waals surface area (Å²) in [5.41, 5.74) is 1.50. The normalized spacial score (nSPS) is 9.81. The molecule has 0 atom stereocenters. The van der Waals surface area contributed by atoms with Crippen LogP contribution in [0.1, 0.15) is 11.1 Å². The summed E-state index contributed by atoms with van der Waals surface area (Å²) in [7, 11) is -0.0652. The first-order valence-corrected chi connectivity index (χ1v) is 6.30. The molecule has 0 aromatic heterocycles. The van der Waals surface area contributed by atoms with Gasteiger partial charge in [0.25, 0.3) is 0 Å². The zero-order valence-corrected chi connectivity index (χ0v) is 11.5. The lowest BCUT2D eigenvalue weighted by Crippen LogP contribution is -2.31.